The lowest BCUT2D eigenvalue weighted by atomic mass is 9.90. The fourth-order valence-electron chi connectivity index (χ4n) is 4.46. The summed E-state index contributed by atoms with van der Waals surface area (Å²) >= 11 is 6.91. The normalized spacial score (nSPS) is 16.8. The molecule has 1 aromatic carbocycles. The molecule has 1 atom stereocenters. The van der Waals surface area contributed by atoms with Crippen molar-refractivity contribution in [2.45, 2.75) is 44.4 Å². The highest BCUT2D eigenvalue weighted by Crippen LogP contribution is 2.33. The topological polar surface area (TPSA) is 100 Å². The maximum absolute atomic E-state index is 13.6. The van der Waals surface area contributed by atoms with Gasteiger partial charge in [0, 0.05) is 30.9 Å². The van der Waals surface area contributed by atoms with Crippen LogP contribution in [0.3, 0.4) is 0 Å². The third-order valence-electron chi connectivity index (χ3n) is 6.59. The second kappa shape index (κ2) is 13.6. The summed E-state index contributed by atoms with van der Waals surface area (Å²) in [5, 5.41) is 5.10. The van der Waals surface area contributed by atoms with Gasteiger partial charge in [-0.3, -0.25) is 19.3 Å². The van der Waals surface area contributed by atoms with E-state index in [4.69, 9.17) is 16.3 Å². The minimum absolute atomic E-state index is 0.151. The van der Waals surface area contributed by atoms with Crippen LogP contribution in [0.5, 0.6) is 5.75 Å². The quantitative estimate of drug-likeness (QED) is 0.351. The predicted molar refractivity (Wildman–Crippen MR) is 141 cm³/mol. The van der Waals surface area contributed by atoms with Crippen LogP contribution in [0.4, 0.5) is 28.9 Å². The zero-order chi connectivity index (χ0) is 28.8. The molecule has 1 saturated carbocycles. The Bertz CT molecular complexity index is 1220. The van der Waals surface area contributed by atoms with E-state index in [0.717, 1.165) is 17.8 Å². The number of alkyl halides is 4. The molecule has 4 rings (SSSR count). The summed E-state index contributed by atoms with van der Waals surface area (Å²) in [6.45, 7) is -4.02. The van der Waals surface area contributed by atoms with Crippen LogP contribution in [-0.2, 0) is 14.3 Å². The molecule has 2 aromatic rings. The average Bonchev–Trinajstić information content (AvgIpc) is 3.30. The van der Waals surface area contributed by atoms with E-state index in [-0.39, 0.29) is 54.5 Å². The summed E-state index contributed by atoms with van der Waals surface area (Å²) in [4.78, 5) is 41.3. The molecule has 0 spiro atoms. The van der Waals surface area contributed by atoms with E-state index in [0.29, 0.717) is 17.2 Å². The Morgan fingerprint density at radius 1 is 1.20 bits per heavy atom. The number of anilines is 2. The highest BCUT2D eigenvalue weighted by molar-refractivity contribution is 7.18. The molecule has 2 aliphatic rings. The number of hydrogen-bond acceptors (Lipinski definition) is 7. The molecule has 2 fully saturated rings. The van der Waals surface area contributed by atoms with Crippen LogP contribution in [-0.4, -0.2) is 80.6 Å². The first-order chi connectivity index (χ1) is 19.1. The highest BCUT2D eigenvalue weighted by Gasteiger charge is 2.37. The number of benzene rings is 1. The first-order valence-electron chi connectivity index (χ1n) is 12.5. The lowest BCUT2D eigenvalue weighted by molar-refractivity contribution is -0.126. The molecule has 0 radical (unpaired) electrons. The van der Waals surface area contributed by atoms with Crippen molar-refractivity contribution in [1.82, 2.24) is 10.2 Å². The van der Waals surface area contributed by atoms with Crippen LogP contribution < -0.4 is 20.3 Å². The van der Waals surface area contributed by atoms with Gasteiger partial charge in [0.05, 0.1) is 28.1 Å². The molecule has 3 amide bonds. The number of morpholine rings is 1. The smallest absolute Gasteiger partial charge is 0.387 e. The Kier molecular flexibility index (Phi) is 10.2. The first kappa shape index (κ1) is 30.0. The summed E-state index contributed by atoms with van der Waals surface area (Å²) < 4.78 is 63.8. The fraction of sp³-hybridized carbons (Fsp3) is 0.480. The van der Waals surface area contributed by atoms with Gasteiger partial charge in [-0.2, -0.15) is 8.78 Å². The number of nitrogens with one attached hydrogen (secondary N) is 2. The zero-order valence-corrected chi connectivity index (χ0v) is 22.7. The van der Waals surface area contributed by atoms with Crippen LogP contribution in [0.25, 0.3) is 0 Å². The zero-order valence-electron chi connectivity index (χ0n) is 21.1. The van der Waals surface area contributed by atoms with Crippen molar-refractivity contribution in [2.75, 3.05) is 43.1 Å². The van der Waals surface area contributed by atoms with Crippen LogP contribution in [0.15, 0.2) is 30.3 Å². The van der Waals surface area contributed by atoms with Crippen molar-refractivity contribution in [1.29, 1.82) is 0 Å². The number of nitrogens with zero attached hydrogens (tertiary/aromatic N) is 2. The maximum Gasteiger partial charge on any atom is 0.387 e. The van der Waals surface area contributed by atoms with Gasteiger partial charge in [-0.25, -0.2) is 8.78 Å². The second-order valence-electron chi connectivity index (χ2n) is 9.15. The molecule has 9 nitrogen and oxygen atoms in total. The third kappa shape index (κ3) is 7.62. The van der Waals surface area contributed by atoms with E-state index in [9.17, 15) is 31.9 Å². The van der Waals surface area contributed by atoms with Gasteiger partial charge >= 0.3 is 6.61 Å². The Morgan fingerprint density at radius 3 is 2.58 bits per heavy atom. The van der Waals surface area contributed by atoms with E-state index < -0.39 is 43.2 Å². The van der Waals surface area contributed by atoms with Gasteiger partial charge in [-0.15, -0.1) is 11.3 Å². The summed E-state index contributed by atoms with van der Waals surface area (Å²) in [5.41, 5.74) is 0.107. The lowest BCUT2D eigenvalue weighted by Crippen LogP contribution is -2.57. The van der Waals surface area contributed by atoms with E-state index >= 15 is 0 Å². The molecular formula is C25H27ClF4N4O5S. The number of ether oxygens (including phenoxy) is 2. The Hall–Kier alpha value is -2.94. The van der Waals surface area contributed by atoms with Crippen LogP contribution in [0.2, 0.25) is 4.34 Å². The van der Waals surface area contributed by atoms with E-state index in [1.165, 1.54) is 40.1 Å². The number of thiophene rings is 1. The summed E-state index contributed by atoms with van der Waals surface area (Å²) in [6, 6.07) is 5.37. The Balaban J connectivity index is 1.58. The van der Waals surface area contributed by atoms with Crippen molar-refractivity contribution in [3.05, 3.63) is 39.5 Å². The monoisotopic (exact) mass is 606 g/mol. The van der Waals surface area contributed by atoms with Crippen LogP contribution in [0, 0.1) is 0 Å². The minimum Gasteiger partial charge on any atom is -0.433 e. The molecule has 1 aliphatic carbocycles. The number of amides is 3. The number of halogens is 5. The van der Waals surface area contributed by atoms with Gasteiger partial charge in [0.1, 0.15) is 12.6 Å². The molecule has 2 heterocycles. The third-order valence-corrected chi connectivity index (χ3v) is 7.82. The lowest BCUT2D eigenvalue weighted by Gasteiger charge is -2.41. The van der Waals surface area contributed by atoms with Crippen molar-refractivity contribution in [2.24, 2.45) is 0 Å². The molecule has 0 bridgehead atoms. The average molecular weight is 607 g/mol. The van der Waals surface area contributed by atoms with Gasteiger partial charge in [0.2, 0.25) is 5.91 Å². The highest BCUT2D eigenvalue weighted by atomic mass is 35.5. The van der Waals surface area contributed by atoms with Crippen molar-refractivity contribution in [3.63, 3.8) is 0 Å². The van der Waals surface area contributed by atoms with E-state index in [1.54, 1.807) is 0 Å². The minimum atomic E-state index is -3.25. The van der Waals surface area contributed by atoms with E-state index in [1.807, 2.05) is 0 Å². The molecule has 1 saturated heterocycles. The molecular weight excluding hydrogens is 580 g/mol. The molecule has 15 heteroatoms. The Morgan fingerprint density at radius 2 is 1.98 bits per heavy atom. The van der Waals surface area contributed by atoms with Gasteiger partial charge in [-0.05, 0) is 37.1 Å². The van der Waals surface area contributed by atoms with E-state index in [2.05, 4.69) is 15.4 Å². The summed E-state index contributed by atoms with van der Waals surface area (Å²) in [5.74, 6) is -2.13. The van der Waals surface area contributed by atoms with Crippen molar-refractivity contribution >= 4 is 52.0 Å². The molecule has 1 aliphatic heterocycles. The largest absolute Gasteiger partial charge is 0.433 e. The summed E-state index contributed by atoms with van der Waals surface area (Å²) in [7, 11) is 0. The molecule has 1 aromatic heterocycles. The molecule has 0 unspecified atom stereocenters. The van der Waals surface area contributed by atoms with Crippen molar-refractivity contribution < 1.29 is 41.4 Å². The first-order valence-corrected chi connectivity index (χ1v) is 13.7. The van der Waals surface area contributed by atoms with Gasteiger partial charge in [-0.1, -0.05) is 18.0 Å². The van der Waals surface area contributed by atoms with Gasteiger partial charge < -0.3 is 25.0 Å². The predicted octanol–water partition coefficient (Wildman–Crippen LogP) is 4.22. The summed E-state index contributed by atoms with van der Waals surface area (Å²) in [6.07, 6.45) is -0.779. The number of rotatable bonds is 12. The Labute approximate surface area is 236 Å². The molecule has 218 valence electrons. The van der Waals surface area contributed by atoms with Gasteiger partial charge in [0.15, 0.2) is 5.75 Å². The number of hydrogen-bond donors (Lipinski definition) is 2. The second-order valence-corrected chi connectivity index (χ2v) is 10.9. The number of carbonyl (C=O) groups excluding carboxylic acids is 3. The van der Waals surface area contributed by atoms with Crippen LogP contribution >= 0.6 is 22.9 Å². The van der Waals surface area contributed by atoms with Gasteiger partial charge in [0.25, 0.3) is 18.2 Å². The SMILES string of the molecule is O=C(NC[C@H](C(=O)Nc1ccc(N2CCOCC2=O)cc1OC(F)F)N(CC(F)F)C1CCC1)c1ccc(Cl)s1. The standard InChI is InChI=1S/C25H27ClF4N4O5S/c26-20-7-6-19(40-20)24(37)31-11-17(34(12-21(27)28)14-2-1-3-14)23(36)32-16-5-4-15(10-18(16)39-25(29)30)33-8-9-38-13-22(33)35/h4-7,10,14,17,21,25H,1-3,8-9,11-13H2,(H,31,37)(H,32,36)/t17-/m1/s1. The van der Waals surface area contributed by atoms with Crippen molar-refractivity contribution in [3.8, 4) is 5.75 Å². The van der Waals surface area contributed by atoms with Crippen LogP contribution in [0.1, 0.15) is 28.9 Å². The molecule has 2 N–H and O–H groups in total. The molecule has 40 heavy (non-hydrogen) atoms. The fourth-order valence-corrected chi connectivity index (χ4v) is 5.42. The maximum atomic E-state index is 13.6. The number of carbonyl (C=O) groups is 3.